The number of hydrogen-bond acceptors (Lipinski definition) is 3. The van der Waals surface area contributed by atoms with Gasteiger partial charge in [0.05, 0.1) is 0 Å². The highest BCUT2D eigenvalue weighted by Gasteiger charge is 2.32. The Morgan fingerprint density at radius 2 is 1.48 bits per heavy atom. The first-order valence-corrected chi connectivity index (χ1v) is 7.62. The molecule has 0 N–H and O–H groups in total. The predicted octanol–water partition coefficient (Wildman–Crippen LogP) is 4.28. The lowest BCUT2D eigenvalue weighted by molar-refractivity contribution is -0.534. The standard InChI is InChI=1S/C16H19F5NO3/c1-4-6-16(2,8-22(3)24)7-5-9(23)25-15-13(20)11(18)10(17)12(19)14(15)21/h4-8H2,1-3H3/q+1. The number of nitroso groups, excluding NO2 is 1. The van der Waals surface area contributed by atoms with Gasteiger partial charge in [0.25, 0.3) is 0 Å². The number of carbonyl (C=O) groups excluding carboxylic acids is 1. The van der Waals surface area contributed by atoms with E-state index in [4.69, 9.17) is 0 Å². The largest absolute Gasteiger partial charge is 0.420 e. The molecule has 1 aromatic carbocycles. The molecule has 0 heterocycles. The van der Waals surface area contributed by atoms with E-state index in [0.717, 1.165) is 6.42 Å². The Hall–Kier alpha value is -2.06. The van der Waals surface area contributed by atoms with Crippen LogP contribution in [-0.2, 0) is 4.79 Å². The van der Waals surface area contributed by atoms with Gasteiger partial charge < -0.3 is 4.74 Å². The van der Waals surface area contributed by atoms with Crippen LogP contribution in [0.1, 0.15) is 39.5 Å². The summed E-state index contributed by atoms with van der Waals surface area (Å²) in [5.74, 6) is -13.9. The third-order valence-corrected chi connectivity index (χ3v) is 3.78. The molecule has 0 fully saturated rings. The van der Waals surface area contributed by atoms with Crippen molar-refractivity contribution in [2.45, 2.75) is 39.5 Å². The van der Waals surface area contributed by atoms with Crippen molar-refractivity contribution in [3.8, 4) is 5.75 Å². The van der Waals surface area contributed by atoms with Gasteiger partial charge in [-0.15, -0.1) is 0 Å². The molecule has 0 saturated heterocycles. The molecular formula is C16H19F5NO3+. The summed E-state index contributed by atoms with van der Waals surface area (Å²) >= 11 is 0. The lowest BCUT2D eigenvalue weighted by atomic mass is 9.81. The molecule has 0 radical (unpaired) electrons. The summed E-state index contributed by atoms with van der Waals surface area (Å²) in [6.07, 6.45) is 1.15. The molecule has 9 heteroatoms. The van der Waals surface area contributed by atoms with Crippen LogP contribution >= 0.6 is 0 Å². The van der Waals surface area contributed by atoms with Crippen molar-refractivity contribution < 1.29 is 36.2 Å². The first-order chi connectivity index (χ1) is 11.5. The third-order valence-electron chi connectivity index (χ3n) is 3.78. The summed E-state index contributed by atoms with van der Waals surface area (Å²) in [5, 5.41) is 0. The maximum Gasteiger partial charge on any atom is 0.311 e. The summed E-state index contributed by atoms with van der Waals surface area (Å²) < 4.78 is 71.1. The van der Waals surface area contributed by atoms with Gasteiger partial charge in [-0.05, 0) is 17.6 Å². The number of esters is 1. The zero-order chi connectivity index (χ0) is 19.4. The lowest BCUT2D eigenvalue weighted by Crippen LogP contribution is -2.28. The Kier molecular flexibility index (Phi) is 7.01. The van der Waals surface area contributed by atoms with E-state index in [9.17, 15) is 31.7 Å². The van der Waals surface area contributed by atoms with Crippen LogP contribution in [0.25, 0.3) is 0 Å². The van der Waals surface area contributed by atoms with E-state index in [1.165, 1.54) is 7.05 Å². The van der Waals surface area contributed by atoms with Crippen LogP contribution in [0.15, 0.2) is 0 Å². The molecule has 0 spiro atoms. The van der Waals surface area contributed by atoms with E-state index >= 15 is 0 Å². The zero-order valence-corrected chi connectivity index (χ0v) is 14.1. The molecule has 0 aliphatic carbocycles. The summed E-state index contributed by atoms with van der Waals surface area (Å²) in [4.78, 5) is 23.0. The fourth-order valence-electron chi connectivity index (χ4n) is 2.67. The Morgan fingerprint density at radius 3 is 1.92 bits per heavy atom. The second-order valence-corrected chi connectivity index (χ2v) is 6.22. The molecule has 1 rings (SSSR count). The zero-order valence-electron chi connectivity index (χ0n) is 14.1. The van der Waals surface area contributed by atoms with Crippen molar-refractivity contribution in [3.05, 3.63) is 34.0 Å². The Labute approximate surface area is 141 Å². The highest BCUT2D eigenvalue weighted by atomic mass is 19.2. The average Bonchev–Trinajstić information content (AvgIpc) is 2.53. The molecule has 0 saturated carbocycles. The molecule has 0 aliphatic heterocycles. The highest BCUT2D eigenvalue weighted by molar-refractivity contribution is 5.72. The van der Waals surface area contributed by atoms with E-state index in [-0.39, 0.29) is 19.4 Å². The molecule has 1 unspecified atom stereocenters. The van der Waals surface area contributed by atoms with Crippen LogP contribution in [-0.4, -0.2) is 24.3 Å². The van der Waals surface area contributed by atoms with Crippen LogP contribution in [0.2, 0.25) is 0 Å². The van der Waals surface area contributed by atoms with Crippen molar-refractivity contribution in [2.24, 2.45) is 5.41 Å². The smallest absolute Gasteiger partial charge is 0.311 e. The normalized spacial score (nSPS) is 13.4. The second-order valence-electron chi connectivity index (χ2n) is 6.22. The van der Waals surface area contributed by atoms with Crippen molar-refractivity contribution >= 4 is 5.97 Å². The number of halogens is 5. The molecular weight excluding hydrogens is 349 g/mol. The topological polar surface area (TPSA) is 46.4 Å². The molecule has 1 atom stereocenters. The fourth-order valence-corrected chi connectivity index (χ4v) is 2.67. The molecule has 0 aromatic heterocycles. The number of hydrogen-bond donors (Lipinski definition) is 0. The first kappa shape index (κ1) is 21.0. The molecule has 0 bridgehead atoms. The molecule has 0 aliphatic rings. The van der Waals surface area contributed by atoms with Gasteiger partial charge in [-0.1, -0.05) is 20.3 Å². The van der Waals surface area contributed by atoms with Gasteiger partial charge in [-0.2, -0.15) is 8.78 Å². The fraction of sp³-hybridized carbons (Fsp3) is 0.562. The summed E-state index contributed by atoms with van der Waals surface area (Å²) in [5.41, 5.74) is -0.555. The van der Waals surface area contributed by atoms with Crippen molar-refractivity contribution in [1.82, 2.24) is 0 Å². The van der Waals surface area contributed by atoms with Gasteiger partial charge in [-0.3, -0.25) is 4.79 Å². The van der Waals surface area contributed by atoms with Crippen LogP contribution in [0.3, 0.4) is 0 Å². The van der Waals surface area contributed by atoms with Gasteiger partial charge in [0.15, 0.2) is 13.6 Å². The van der Waals surface area contributed by atoms with Crippen molar-refractivity contribution in [1.29, 1.82) is 0 Å². The quantitative estimate of drug-likeness (QED) is 0.172. The minimum absolute atomic E-state index is 0.122. The monoisotopic (exact) mass is 368 g/mol. The van der Waals surface area contributed by atoms with E-state index in [2.05, 4.69) is 4.74 Å². The second kappa shape index (κ2) is 8.35. The molecule has 140 valence electrons. The molecule has 1 aromatic rings. The van der Waals surface area contributed by atoms with Crippen LogP contribution in [0.4, 0.5) is 22.0 Å². The summed E-state index contributed by atoms with van der Waals surface area (Å²) in [6, 6.07) is 0. The Morgan fingerprint density at radius 1 is 1.00 bits per heavy atom. The van der Waals surface area contributed by atoms with Crippen molar-refractivity contribution in [3.63, 3.8) is 0 Å². The Balaban J connectivity index is 2.89. The lowest BCUT2D eigenvalue weighted by Gasteiger charge is -2.23. The van der Waals surface area contributed by atoms with E-state index in [0.29, 0.717) is 11.2 Å². The number of benzene rings is 1. The summed E-state index contributed by atoms with van der Waals surface area (Å²) in [6.45, 7) is 3.77. The number of rotatable bonds is 8. The highest BCUT2D eigenvalue weighted by Crippen LogP contribution is 2.32. The Bertz CT molecular complexity index is 651. The third kappa shape index (κ3) is 5.20. The maximum absolute atomic E-state index is 13.5. The van der Waals surface area contributed by atoms with Gasteiger partial charge in [0, 0.05) is 16.7 Å². The van der Waals surface area contributed by atoms with Crippen LogP contribution < -0.4 is 4.74 Å². The molecule has 25 heavy (non-hydrogen) atoms. The number of carbonyl (C=O) groups is 1. The SMILES string of the molecule is CCCC(C)(CCC(=O)Oc1c(F)c(F)c(F)c(F)c1F)C[N+](C)=O. The van der Waals surface area contributed by atoms with E-state index in [1.807, 2.05) is 6.92 Å². The van der Waals surface area contributed by atoms with E-state index in [1.54, 1.807) is 6.92 Å². The van der Waals surface area contributed by atoms with E-state index < -0.39 is 46.2 Å². The first-order valence-electron chi connectivity index (χ1n) is 7.62. The van der Waals surface area contributed by atoms with Crippen molar-refractivity contribution in [2.75, 3.05) is 13.6 Å². The molecule has 0 amide bonds. The maximum atomic E-state index is 13.5. The van der Waals surface area contributed by atoms with Gasteiger partial charge in [0.2, 0.25) is 34.8 Å². The van der Waals surface area contributed by atoms with Gasteiger partial charge in [0.1, 0.15) is 0 Å². The van der Waals surface area contributed by atoms with Crippen LogP contribution in [0, 0.1) is 39.4 Å². The average molecular weight is 368 g/mol. The number of ether oxygens (including phenoxy) is 1. The van der Waals surface area contributed by atoms with Gasteiger partial charge >= 0.3 is 5.97 Å². The van der Waals surface area contributed by atoms with Crippen LogP contribution in [0.5, 0.6) is 5.75 Å². The minimum Gasteiger partial charge on any atom is -0.420 e. The van der Waals surface area contributed by atoms with Gasteiger partial charge in [-0.25, -0.2) is 13.2 Å². The minimum atomic E-state index is -2.33. The molecule has 4 nitrogen and oxygen atoms in total. The number of nitrogens with zero attached hydrogens (tertiary/aromatic N) is 1. The predicted molar refractivity (Wildman–Crippen MR) is 78.5 cm³/mol. The summed E-state index contributed by atoms with van der Waals surface area (Å²) in [7, 11) is 1.32.